The van der Waals surface area contributed by atoms with Crippen molar-refractivity contribution in [3.8, 4) is 0 Å². The van der Waals surface area contributed by atoms with E-state index in [1.165, 1.54) is 12.1 Å². The highest BCUT2D eigenvalue weighted by atomic mass is 19.1. The van der Waals surface area contributed by atoms with Crippen molar-refractivity contribution in [3.05, 3.63) is 48.3 Å². The standard InChI is InChI=1S/C15H20FNO2/c1-5-6-13(11-7-9-12(16)10-8-11)17-14(18)19-15(2,3)4/h5,7-10,13H,1,6H2,2-4H3,(H,17,18)/t13-/m1/s1. The molecule has 1 amide bonds. The Kier molecular flexibility index (Phi) is 5.10. The first-order valence-corrected chi connectivity index (χ1v) is 6.17. The highest BCUT2D eigenvalue weighted by molar-refractivity contribution is 5.68. The summed E-state index contributed by atoms with van der Waals surface area (Å²) in [6.07, 6.45) is 1.75. The first kappa shape index (κ1) is 15.2. The summed E-state index contributed by atoms with van der Waals surface area (Å²) in [7, 11) is 0. The van der Waals surface area contributed by atoms with Gasteiger partial charge in [-0.15, -0.1) is 6.58 Å². The van der Waals surface area contributed by atoms with Gasteiger partial charge in [0.2, 0.25) is 0 Å². The van der Waals surface area contributed by atoms with Crippen molar-refractivity contribution in [1.82, 2.24) is 5.32 Å². The number of hydrogen-bond donors (Lipinski definition) is 1. The van der Waals surface area contributed by atoms with E-state index in [1.807, 2.05) is 0 Å². The first-order valence-electron chi connectivity index (χ1n) is 6.17. The van der Waals surface area contributed by atoms with E-state index in [4.69, 9.17) is 4.74 Å². The van der Waals surface area contributed by atoms with Gasteiger partial charge in [0.1, 0.15) is 11.4 Å². The zero-order valence-corrected chi connectivity index (χ0v) is 11.6. The van der Waals surface area contributed by atoms with E-state index >= 15 is 0 Å². The van der Waals surface area contributed by atoms with Gasteiger partial charge in [-0.2, -0.15) is 0 Å². The molecule has 1 aromatic rings. The van der Waals surface area contributed by atoms with Crippen LogP contribution in [-0.4, -0.2) is 11.7 Å². The van der Waals surface area contributed by atoms with Crippen LogP contribution in [0.1, 0.15) is 38.8 Å². The van der Waals surface area contributed by atoms with Crippen LogP contribution >= 0.6 is 0 Å². The van der Waals surface area contributed by atoms with Crippen LogP contribution in [0.2, 0.25) is 0 Å². The number of carbonyl (C=O) groups excluding carboxylic acids is 1. The van der Waals surface area contributed by atoms with Gasteiger partial charge in [0.25, 0.3) is 0 Å². The Labute approximate surface area is 113 Å². The molecule has 3 nitrogen and oxygen atoms in total. The van der Waals surface area contributed by atoms with Crippen molar-refractivity contribution in [3.63, 3.8) is 0 Å². The molecule has 1 rings (SSSR count). The maximum Gasteiger partial charge on any atom is 0.408 e. The summed E-state index contributed by atoms with van der Waals surface area (Å²) >= 11 is 0. The largest absolute Gasteiger partial charge is 0.444 e. The first-order chi connectivity index (χ1) is 8.81. The minimum atomic E-state index is -0.550. The van der Waals surface area contributed by atoms with Gasteiger partial charge in [-0.25, -0.2) is 9.18 Å². The fraction of sp³-hybridized carbons (Fsp3) is 0.400. The average molecular weight is 265 g/mol. The van der Waals surface area contributed by atoms with E-state index in [2.05, 4.69) is 11.9 Å². The van der Waals surface area contributed by atoms with Crippen molar-refractivity contribution >= 4 is 6.09 Å². The van der Waals surface area contributed by atoms with Crippen LogP contribution in [0.5, 0.6) is 0 Å². The average Bonchev–Trinajstić information content (AvgIpc) is 2.27. The van der Waals surface area contributed by atoms with Crippen LogP contribution in [0.4, 0.5) is 9.18 Å². The highest BCUT2D eigenvalue weighted by Crippen LogP contribution is 2.18. The van der Waals surface area contributed by atoms with Crippen molar-refractivity contribution in [1.29, 1.82) is 0 Å². The Balaban J connectivity index is 2.75. The molecule has 1 aromatic carbocycles. The molecule has 1 atom stereocenters. The topological polar surface area (TPSA) is 38.3 Å². The number of carbonyl (C=O) groups is 1. The summed E-state index contributed by atoms with van der Waals surface area (Å²) in [5, 5.41) is 2.76. The number of benzene rings is 1. The number of halogens is 1. The molecular formula is C15H20FNO2. The van der Waals surface area contributed by atoms with Gasteiger partial charge in [-0.1, -0.05) is 18.2 Å². The van der Waals surface area contributed by atoms with Crippen LogP contribution in [0.15, 0.2) is 36.9 Å². The molecule has 104 valence electrons. The number of ether oxygens (including phenoxy) is 1. The van der Waals surface area contributed by atoms with E-state index in [9.17, 15) is 9.18 Å². The third-order valence-corrected chi connectivity index (χ3v) is 2.37. The second-order valence-electron chi connectivity index (χ2n) is 5.27. The van der Waals surface area contributed by atoms with E-state index in [1.54, 1.807) is 39.0 Å². The van der Waals surface area contributed by atoms with Crippen molar-refractivity contribution in [2.75, 3.05) is 0 Å². The molecular weight excluding hydrogens is 245 g/mol. The Morgan fingerprint density at radius 3 is 2.47 bits per heavy atom. The van der Waals surface area contributed by atoms with Gasteiger partial charge >= 0.3 is 6.09 Å². The molecule has 0 aliphatic carbocycles. The van der Waals surface area contributed by atoms with Crippen molar-refractivity contribution < 1.29 is 13.9 Å². The maximum absolute atomic E-state index is 12.9. The quantitative estimate of drug-likeness (QED) is 0.837. The van der Waals surface area contributed by atoms with Gasteiger partial charge in [-0.05, 0) is 44.9 Å². The Morgan fingerprint density at radius 1 is 1.42 bits per heavy atom. The number of rotatable bonds is 4. The lowest BCUT2D eigenvalue weighted by molar-refractivity contribution is 0.0504. The molecule has 0 fully saturated rings. The lowest BCUT2D eigenvalue weighted by Gasteiger charge is -2.23. The predicted molar refractivity (Wildman–Crippen MR) is 73.3 cm³/mol. The van der Waals surface area contributed by atoms with E-state index < -0.39 is 11.7 Å². The fourth-order valence-corrected chi connectivity index (χ4v) is 1.59. The summed E-state index contributed by atoms with van der Waals surface area (Å²) in [6.45, 7) is 9.06. The van der Waals surface area contributed by atoms with Crippen molar-refractivity contribution in [2.45, 2.75) is 38.8 Å². The highest BCUT2D eigenvalue weighted by Gasteiger charge is 2.19. The van der Waals surface area contributed by atoms with Crippen LogP contribution in [0.3, 0.4) is 0 Å². The van der Waals surface area contributed by atoms with Gasteiger partial charge < -0.3 is 10.1 Å². The lowest BCUT2D eigenvalue weighted by atomic mass is 10.0. The smallest absolute Gasteiger partial charge is 0.408 e. The SMILES string of the molecule is C=CC[C@@H](NC(=O)OC(C)(C)C)c1ccc(F)cc1. The molecule has 0 aliphatic rings. The minimum absolute atomic E-state index is 0.270. The molecule has 0 spiro atoms. The van der Waals surface area contributed by atoms with Gasteiger partial charge in [0.15, 0.2) is 0 Å². The molecule has 0 unspecified atom stereocenters. The number of alkyl carbamates (subject to hydrolysis) is 1. The molecule has 0 heterocycles. The molecule has 4 heteroatoms. The van der Waals surface area contributed by atoms with E-state index in [-0.39, 0.29) is 11.9 Å². The molecule has 0 aromatic heterocycles. The van der Waals surface area contributed by atoms with Gasteiger partial charge in [0.05, 0.1) is 6.04 Å². The predicted octanol–water partition coefficient (Wildman–Crippen LogP) is 3.97. The van der Waals surface area contributed by atoms with Crippen LogP contribution in [0.25, 0.3) is 0 Å². The normalized spacial score (nSPS) is 12.6. The van der Waals surface area contributed by atoms with Crippen LogP contribution in [-0.2, 0) is 4.74 Å². The molecule has 1 N–H and O–H groups in total. The molecule has 0 aliphatic heterocycles. The number of nitrogens with one attached hydrogen (secondary N) is 1. The third-order valence-electron chi connectivity index (χ3n) is 2.37. The second-order valence-corrected chi connectivity index (χ2v) is 5.27. The van der Waals surface area contributed by atoms with Gasteiger partial charge in [-0.3, -0.25) is 0 Å². The Morgan fingerprint density at radius 2 is 2.00 bits per heavy atom. The monoisotopic (exact) mass is 265 g/mol. The number of hydrogen-bond acceptors (Lipinski definition) is 2. The van der Waals surface area contributed by atoms with Crippen LogP contribution in [0, 0.1) is 5.82 Å². The molecule has 19 heavy (non-hydrogen) atoms. The summed E-state index contributed by atoms with van der Waals surface area (Å²) in [5.41, 5.74) is 0.262. The molecule has 0 radical (unpaired) electrons. The van der Waals surface area contributed by atoms with Crippen molar-refractivity contribution in [2.24, 2.45) is 0 Å². The summed E-state index contributed by atoms with van der Waals surface area (Å²) < 4.78 is 18.1. The zero-order valence-electron chi connectivity index (χ0n) is 11.6. The van der Waals surface area contributed by atoms with E-state index in [0.29, 0.717) is 6.42 Å². The Bertz CT molecular complexity index is 434. The molecule has 0 bridgehead atoms. The maximum atomic E-state index is 12.9. The summed E-state index contributed by atoms with van der Waals surface area (Å²) in [4.78, 5) is 11.7. The summed E-state index contributed by atoms with van der Waals surface area (Å²) in [6, 6.07) is 5.74. The van der Waals surface area contributed by atoms with Crippen LogP contribution < -0.4 is 5.32 Å². The summed E-state index contributed by atoms with van der Waals surface area (Å²) in [5.74, 6) is -0.307. The second kappa shape index (κ2) is 6.36. The molecule has 0 saturated heterocycles. The van der Waals surface area contributed by atoms with E-state index in [0.717, 1.165) is 5.56 Å². The number of amides is 1. The minimum Gasteiger partial charge on any atom is -0.444 e. The molecule has 0 saturated carbocycles. The third kappa shape index (κ3) is 5.55. The van der Waals surface area contributed by atoms with Gasteiger partial charge in [0, 0.05) is 0 Å². The Hall–Kier alpha value is -1.84. The fourth-order valence-electron chi connectivity index (χ4n) is 1.59. The lowest BCUT2D eigenvalue weighted by Crippen LogP contribution is -2.34. The zero-order chi connectivity index (χ0) is 14.5.